The minimum atomic E-state index is -0.372. The number of aryl methyl sites for hydroxylation is 1. The van der Waals surface area contributed by atoms with E-state index in [-0.39, 0.29) is 17.4 Å². The van der Waals surface area contributed by atoms with Crippen LogP contribution in [0.4, 0.5) is 10.2 Å². The number of nitrogens with one attached hydrogen (secondary N) is 1. The number of aromatic nitrogens is 4. The van der Waals surface area contributed by atoms with Crippen molar-refractivity contribution in [3.63, 3.8) is 0 Å². The van der Waals surface area contributed by atoms with Gasteiger partial charge in [-0.05, 0) is 55.0 Å². The summed E-state index contributed by atoms with van der Waals surface area (Å²) in [5.74, 6) is 1.12. The van der Waals surface area contributed by atoms with E-state index in [4.69, 9.17) is 9.47 Å². The van der Waals surface area contributed by atoms with Gasteiger partial charge in [0, 0.05) is 11.8 Å². The topological polar surface area (TPSA) is 83.2 Å². The summed E-state index contributed by atoms with van der Waals surface area (Å²) in [6.45, 7) is 2.29. The van der Waals surface area contributed by atoms with E-state index in [0.29, 0.717) is 29.5 Å². The van der Waals surface area contributed by atoms with Crippen LogP contribution >= 0.6 is 0 Å². The van der Waals surface area contributed by atoms with Crippen molar-refractivity contribution in [3.8, 4) is 17.2 Å². The zero-order valence-corrected chi connectivity index (χ0v) is 17.9. The summed E-state index contributed by atoms with van der Waals surface area (Å²) in [4.78, 5) is 12.8. The van der Waals surface area contributed by atoms with Crippen molar-refractivity contribution in [2.45, 2.75) is 13.5 Å². The Labute approximate surface area is 184 Å². The first-order chi connectivity index (χ1) is 15.5. The van der Waals surface area contributed by atoms with Gasteiger partial charge < -0.3 is 14.8 Å². The third-order valence-electron chi connectivity index (χ3n) is 4.95. The minimum absolute atomic E-state index is 0.229. The van der Waals surface area contributed by atoms with Gasteiger partial charge in [0.05, 0.1) is 32.6 Å². The summed E-state index contributed by atoms with van der Waals surface area (Å²) in [6.07, 6.45) is 3.34. The Morgan fingerprint density at radius 2 is 1.81 bits per heavy atom. The standard InChI is InChI=1S/C23H22FN5O3/c1-15-13-25-29(14-16-4-9-20(31-2)21(12-16)32-3)22(15)26-23(30)19-10-11-28(27-19)18-7-5-17(24)6-8-18/h4-13H,14H2,1-3H3,(H,26,30). The van der Waals surface area contributed by atoms with Crippen LogP contribution in [0.5, 0.6) is 11.5 Å². The Kier molecular flexibility index (Phi) is 5.89. The first-order valence-corrected chi connectivity index (χ1v) is 9.84. The molecule has 9 heteroatoms. The van der Waals surface area contributed by atoms with Crippen molar-refractivity contribution in [1.82, 2.24) is 19.6 Å². The smallest absolute Gasteiger partial charge is 0.277 e. The molecule has 2 heterocycles. The number of rotatable bonds is 7. The van der Waals surface area contributed by atoms with Crippen molar-refractivity contribution < 1.29 is 18.7 Å². The number of amides is 1. The van der Waals surface area contributed by atoms with Crippen LogP contribution in [0.25, 0.3) is 5.69 Å². The summed E-state index contributed by atoms with van der Waals surface area (Å²) in [5, 5.41) is 11.6. The highest BCUT2D eigenvalue weighted by molar-refractivity contribution is 6.02. The van der Waals surface area contributed by atoms with Crippen molar-refractivity contribution in [3.05, 3.63) is 83.6 Å². The van der Waals surface area contributed by atoms with Crippen molar-refractivity contribution in [1.29, 1.82) is 0 Å². The highest BCUT2D eigenvalue weighted by Gasteiger charge is 2.16. The van der Waals surface area contributed by atoms with Gasteiger partial charge in [-0.25, -0.2) is 13.8 Å². The molecular formula is C23H22FN5O3. The predicted octanol–water partition coefficient (Wildman–Crippen LogP) is 3.83. The highest BCUT2D eigenvalue weighted by atomic mass is 19.1. The Morgan fingerprint density at radius 3 is 2.53 bits per heavy atom. The Bertz CT molecular complexity index is 1250. The number of carbonyl (C=O) groups excluding carboxylic acids is 1. The summed E-state index contributed by atoms with van der Waals surface area (Å²) in [7, 11) is 3.16. The molecule has 1 N–H and O–H groups in total. The summed E-state index contributed by atoms with van der Waals surface area (Å²) >= 11 is 0. The van der Waals surface area contributed by atoms with E-state index in [1.807, 2.05) is 25.1 Å². The van der Waals surface area contributed by atoms with Gasteiger partial charge in [0.25, 0.3) is 5.91 Å². The molecule has 2 aromatic heterocycles. The van der Waals surface area contributed by atoms with Crippen molar-refractivity contribution in [2.75, 3.05) is 19.5 Å². The fraction of sp³-hybridized carbons (Fsp3) is 0.174. The van der Waals surface area contributed by atoms with Gasteiger partial charge >= 0.3 is 0 Å². The maximum Gasteiger partial charge on any atom is 0.277 e. The molecular weight excluding hydrogens is 413 g/mol. The van der Waals surface area contributed by atoms with E-state index in [2.05, 4.69) is 15.5 Å². The van der Waals surface area contributed by atoms with Crippen LogP contribution in [0.3, 0.4) is 0 Å². The Hall–Kier alpha value is -4.14. The van der Waals surface area contributed by atoms with Gasteiger partial charge in [0.2, 0.25) is 0 Å². The molecule has 4 aromatic rings. The number of halogens is 1. The zero-order valence-electron chi connectivity index (χ0n) is 17.9. The number of hydrogen-bond donors (Lipinski definition) is 1. The van der Waals surface area contributed by atoms with Gasteiger partial charge in [-0.1, -0.05) is 6.07 Å². The van der Waals surface area contributed by atoms with Gasteiger partial charge in [-0.3, -0.25) is 4.79 Å². The van der Waals surface area contributed by atoms with Crippen LogP contribution in [0.2, 0.25) is 0 Å². The lowest BCUT2D eigenvalue weighted by molar-refractivity contribution is 0.102. The average molecular weight is 435 g/mol. The zero-order chi connectivity index (χ0) is 22.7. The van der Waals surface area contributed by atoms with Crippen LogP contribution in [-0.2, 0) is 6.54 Å². The molecule has 0 atom stereocenters. The lowest BCUT2D eigenvalue weighted by Gasteiger charge is -2.12. The third kappa shape index (κ3) is 4.31. The van der Waals surface area contributed by atoms with Crippen molar-refractivity contribution in [2.24, 2.45) is 0 Å². The first kappa shape index (κ1) is 21.1. The molecule has 32 heavy (non-hydrogen) atoms. The molecule has 0 unspecified atom stereocenters. The number of nitrogens with zero attached hydrogens (tertiary/aromatic N) is 4. The van der Waals surface area contributed by atoms with E-state index < -0.39 is 0 Å². The van der Waals surface area contributed by atoms with Gasteiger partial charge in [0.15, 0.2) is 17.2 Å². The molecule has 0 fully saturated rings. The second-order valence-electron chi connectivity index (χ2n) is 7.10. The van der Waals surface area contributed by atoms with Crippen LogP contribution < -0.4 is 14.8 Å². The molecule has 0 spiro atoms. The Morgan fingerprint density at radius 1 is 1.06 bits per heavy atom. The molecule has 1 amide bonds. The van der Waals surface area contributed by atoms with Crippen LogP contribution in [0.1, 0.15) is 21.6 Å². The maximum atomic E-state index is 13.1. The minimum Gasteiger partial charge on any atom is -0.493 e. The Balaban J connectivity index is 1.53. The number of methoxy groups -OCH3 is 2. The van der Waals surface area contributed by atoms with E-state index in [1.54, 1.807) is 49.5 Å². The number of anilines is 1. The molecule has 0 aliphatic heterocycles. The second kappa shape index (κ2) is 8.93. The molecule has 164 valence electrons. The van der Waals surface area contributed by atoms with Gasteiger partial charge in [-0.2, -0.15) is 10.2 Å². The molecule has 0 aliphatic rings. The number of ether oxygens (including phenoxy) is 2. The molecule has 8 nitrogen and oxygen atoms in total. The lowest BCUT2D eigenvalue weighted by atomic mass is 10.2. The number of carbonyl (C=O) groups is 1. The fourth-order valence-electron chi connectivity index (χ4n) is 3.27. The molecule has 0 saturated heterocycles. The van der Waals surface area contributed by atoms with Gasteiger partial charge in [0.1, 0.15) is 11.6 Å². The highest BCUT2D eigenvalue weighted by Crippen LogP contribution is 2.28. The number of hydrogen-bond acceptors (Lipinski definition) is 5. The second-order valence-corrected chi connectivity index (χ2v) is 7.10. The third-order valence-corrected chi connectivity index (χ3v) is 4.95. The molecule has 0 bridgehead atoms. The molecule has 4 rings (SSSR count). The monoisotopic (exact) mass is 435 g/mol. The van der Waals surface area contributed by atoms with Gasteiger partial charge in [-0.15, -0.1) is 0 Å². The van der Waals surface area contributed by atoms with Crippen LogP contribution in [-0.4, -0.2) is 39.7 Å². The summed E-state index contributed by atoms with van der Waals surface area (Å²) in [6, 6.07) is 13.1. The maximum absolute atomic E-state index is 13.1. The van der Waals surface area contributed by atoms with E-state index in [0.717, 1.165) is 11.1 Å². The molecule has 0 radical (unpaired) electrons. The van der Waals surface area contributed by atoms with E-state index in [1.165, 1.54) is 16.8 Å². The first-order valence-electron chi connectivity index (χ1n) is 9.84. The normalized spacial score (nSPS) is 10.8. The number of benzene rings is 2. The molecule has 0 saturated carbocycles. The quantitative estimate of drug-likeness (QED) is 0.477. The van der Waals surface area contributed by atoms with Crippen LogP contribution in [0.15, 0.2) is 60.9 Å². The average Bonchev–Trinajstić information content (AvgIpc) is 3.42. The lowest BCUT2D eigenvalue weighted by Crippen LogP contribution is -2.17. The largest absolute Gasteiger partial charge is 0.493 e. The fourth-order valence-corrected chi connectivity index (χ4v) is 3.27. The SMILES string of the molecule is COc1ccc(Cn2ncc(C)c2NC(=O)c2ccn(-c3ccc(F)cc3)n2)cc1OC. The summed E-state index contributed by atoms with van der Waals surface area (Å²) in [5.41, 5.74) is 2.63. The molecule has 2 aromatic carbocycles. The van der Waals surface area contributed by atoms with E-state index >= 15 is 0 Å². The predicted molar refractivity (Wildman–Crippen MR) is 117 cm³/mol. The summed E-state index contributed by atoms with van der Waals surface area (Å²) < 4.78 is 27.0. The van der Waals surface area contributed by atoms with Crippen LogP contribution in [0, 0.1) is 12.7 Å². The van der Waals surface area contributed by atoms with Crippen molar-refractivity contribution >= 4 is 11.7 Å². The molecule has 0 aliphatic carbocycles. The van der Waals surface area contributed by atoms with E-state index in [9.17, 15) is 9.18 Å².